The molecular formula is C33H29F2N5O5S. The van der Waals surface area contributed by atoms with Crippen LogP contribution in [0.5, 0.6) is 11.8 Å². The number of hydrogen-bond donors (Lipinski definition) is 2. The summed E-state index contributed by atoms with van der Waals surface area (Å²) >= 11 is 0. The van der Waals surface area contributed by atoms with Gasteiger partial charge in [0.2, 0.25) is 0 Å². The van der Waals surface area contributed by atoms with Crippen LogP contribution in [0.3, 0.4) is 0 Å². The van der Waals surface area contributed by atoms with E-state index in [0.29, 0.717) is 28.6 Å². The van der Waals surface area contributed by atoms with Crippen LogP contribution in [0.1, 0.15) is 29.6 Å². The zero-order chi connectivity index (χ0) is 32.0. The number of nitrogens with zero attached hydrogens (tertiary/aromatic N) is 4. The zero-order valence-corrected chi connectivity index (χ0v) is 25.3. The summed E-state index contributed by atoms with van der Waals surface area (Å²) in [6, 6.07) is 14.8. The molecule has 2 aromatic heterocycles. The van der Waals surface area contributed by atoms with E-state index in [1.165, 1.54) is 18.2 Å². The first-order valence-electron chi connectivity index (χ1n) is 14.9. The Morgan fingerprint density at radius 2 is 1.76 bits per heavy atom. The number of ether oxygens (including phenoxy) is 1. The van der Waals surface area contributed by atoms with E-state index in [1.807, 2.05) is 24.3 Å². The molecule has 2 fully saturated rings. The van der Waals surface area contributed by atoms with Gasteiger partial charge in [0.05, 0.1) is 16.8 Å². The van der Waals surface area contributed by atoms with Crippen molar-refractivity contribution in [2.75, 3.05) is 31.1 Å². The fraction of sp³-hybridized carbons (Fsp3) is 0.273. The van der Waals surface area contributed by atoms with Crippen LogP contribution in [0, 0.1) is 17.7 Å². The van der Waals surface area contributed by atoms with Gasteiger partial charge in [0.15, 0.2) is 5.82 Å². The van der Waals surface area contributed by atoms with Crippen LogP contribution in [0.4, 0.5) is 14.1 Å². The number of phenols is 1. The molecule has 1 amide bonds. The van der Waals surface area contributed by atoms with Crippen LogP contribution in [0.2, 0.25) is 0 Å². The summed E-state index contributed by atoms with van der Waals surface area (Å²) in [5.41, 5.74) is 0.626. The van der Waals surface area contributed by atoms with Crippen LogP contribution < -0.4 is 15.0 Å². The molecule has 1 aliphatic carbocycles. The van der Waals surface area contributed by atoms with Crippen molar-refractivity contribution < 1.29 is 31.3 Å². The van der Waals surface area contributed by atoms with Gasteiger partial charge in [0.25, 0.3) is 5.91 Å². The van der Waals surface area contributed by atoms with E-state index in [2.05, 4.69) is 25.2 Å². The molecule has 1 saturated heterocycles. The monoisotopic (exact) mass is 645 g/mol. The molecule has 7 rings (SSSR count). The van der Waals surface area contributed by atoms with Crippen LogP contribution in [0.25, 0.3) is 32.9 Å². The molecule has 2 aliphatic rings. The molecule has 10 nitrogen and oxygen atoms in total. The van der Waals surface area contributed by atoms with Crippen molar-refractivity contribution in [2.45, 2.75) is 24.2 Å². The van der Waals surface area contributed by atoms with Gasteiger partial charge < -0.3 is 20.1 Å². The van der Waals surface area contributed by atoms with Crippen LogP contribution in [-0.4, -0.2) is 60.6 Å². The lowest BCUT2D eigenvalue weighted by Crippen LogP contribution is -2.37. The van der Waals surface area contributed by atoms with E-state index in [-0.39, 0.29) is 41.7 Å². The van der Waals surface area contributed by atoms with E-state index in [4.69, 9.17) is 4.74 Å². The Balaban J connectivity index is 1.19. The van der Waals surface area contributed by atoms with Gasteiger partial charge in [-0.3, -0.25) is 9.78 Å². The average molecular weight is 646 g/mol. The molecule has 1 saturated carbocycles. The average Bonchev–Trinajstić information content (AvgIpc) is 3.39. The normalized spacial score (nSPS) is 17.8. The zero-order valence-electron chi connectivity index (χ0n) is 24.5. The Kier molecular flexibility index (Phi) is 7.63. The smallest absolute Gasteiger partial charge is 0.332 e. The minimum Gasteiger partial charge on any atom is -0.508 e. The summed E-state index contributed by atoms with van der Waals surface area (Å²) in [6.45, 7) is 1.55. The van der Waals surface area contributed by atoms with Gasteiger partial charge in [-0.1, -0.05) is 24.3 Å². The molecule has 3 aromatic carbocycles. The van der Waals surface area contributed by atoms with Crippen molar-refractivity contribution in [1.29, 1.82) is 0 Å². The molecule has 2 atom stereocenters. The number of amides is 1. The molecule has 46 heavy (non-hydrogen) atoms. The maximum atomic E-state index is 16.5. The van der Waals surface area contributed by atoms with Crippen LogP contribution >= 0.6 is 0 Å². The molecule has 0 spiro atoms. The topological polar surface area (TPSA) is 135 Å². The lowest BCUT2D eigenvalue weighted by Gasteiger charge is -2.33. The largest absolute Gasteiger partial charge is 0.508 e. The molecule has 2 N–H and O–H groups in total. The van der Waals surface area contributed by atoms with Crippen LogP contribution in [-0.2, 0) is 10.2 Å². The molecule has 2 bridgehead atoms. The fourth-order valence-corrected chi connectivity index (χ4v) is 7.03. The summed E-state index contributed by atoms with van der Waals surface area (Å²) in [5, 5.41) is 15.0. The SMILES string of the molecule is O=C(NCCOc1nc(N2CC3CCC(C3)C2)c2cnc(-c3cc(O)cc4ccccc34)c(F)c2n1)c1ccc(S(=O)(=O)F)cc1. The first kappa shape index (κ1) is 29.8. The number of halogens is 2. The molecule has 5 aromatic rings. The van der Waals surface area contributed by atoms with Gasteiger partial charge in [-0.2, -0.15) is 18.4 Å². The van der Waals surface area contributed by atoms with Crippen molar-refractivity contribution >= 4 is 43.6 Å². The van der Waals surface area contributed by atoms with Gasteiger partial charge in [0, 0.05) is 30.4 Å². The third-order valence-electron chi connectivity index (χ3n) is 8.67. The number of pyridine rings is 1. The lowest BCUT2D eigenvalue weighted by molar-refractivity contribution is 0.0946. The van der Waals surface area contributed by atoms with Gasteiger partial charge in [0.1, 0.15) is 29.4 Å². The third kappa shape index (κ3) is 5.78. The highest BCUT2D eigenvalue weighted by Gasteiger charge is 2.35. The molecule has 1 aliphatic heterocycles. The number of carbonyl (C=O) groups is 1. The Labute approximate surface area is 263 Å². The predicted octanol–water partition coefficient (Wildman–Crippen LogP) is 5.39. The number of benzene rings is 3. The standard InChI is InChI=1S/C33H29F2N5O5S/c34-28-29(26-15-23(41)14-22-3-1-2-4-25(22)26)37-16-27-30(28)38-33(39-31(27)40-17-19-5-6-20(13-19)18-40)45-12-11-36-32(42)21-7-9-24(10-8-21)46(35,43)44/h1-4,7-10,14-16,19-20,41H,5-6,11-13,17-18H2,(H,36,42). The number of fused-ring (bicyclic) bond motifs is 4. The number of aromatic hydroxyl groups is 1. The second-order valence-corrected chi connectivity index (χ2v) is 13.1. The number of hydrogen-bond acceptors (Lipinski definition) is 9. The number of anilines is 1. The summed E-state index contributed by atoms with van der Waals surface area (Å²) in [5.74, 6) is 0.374. The van der Waals surface area contributed by atoms with Gasteiger partial charge in [-0.25, -0.2) is 4.39 Å². The minimum absolute atomic E-state index is 0.0170. The highest BCUT2D eigenvalue weighted by molar-refractivity contribution is 7.86. The number of nitrogens with one attached hydrogen (secondary N) is 1. The van der Waals surface area contributed by atoms with Crippen molar-refractivity contribution in [1.82, 2.24) is 20.3 Å². The maximum absolute atomic E-state index is 16.5. The van der Waals surface area contributed by atoms with Crippen LogP contribution in [0.15, 0.2) is 71.8 Å². The van der Waals surface area contributed by atoms with Crippen molar-refractivity contribution in [3.05, 3.63) is 78.2 Å². The molecule has 2 unspecified atom stereocenters. The first-order chi connectivity index (χ1) is 22.1. The fourth-order valence-electron chi connectivity index (χ4n) is 6.56. The van der Waals surface area contributed by atoms with Crippen molar-refractivity contribution in [2.24, 2.45) is 11.8 Å². The Morgan fingerprint density at radius 1 is 1.02 bits per heavy atom. The van der Waals surface area contributed by atoms with E-state index >= 15 is 4.39 Å². The van der Waals surface area contributed by atoms with E-state index in [9.17, 15) is 22.2 Å². The van der Waals surface area contributed by atoms with E-state index in [1.54, 1.807) is 12.3 Å². The van der Waals surface area contributed by atoms with Crippen molar-refractivity contribution in [3.63, 3.8) is 0 Å². The lowest BCUT2D eigenvalue weighted by atomic mass is 9.98. The Bertz CT molecular complexity index is 2080. The summed E-state index contributed by atoms with van der Waals surface area (Å²) in [4.78, 5) is 27.8. The molecule has 3 heterocycles. The highest BCUT2D eigenvalue weighted by atomic mass is 32.3. The van der Waals surface area contributed by atoms with Crippen molar-refractivity contribution in [3.8, 4) is 23.0 Å². The number of rotatable bonds is 8. The second kappa shape index (κ2) is 11.8. The minimum atomic E-state index is -4.87. The Hall–Kier alpha value is -4.91. The van der Waals surface area contributed by atoms with E-state index in [0.717, 1.165) is 55.3 Å². The van der Waals surface area contributed by atoms with Gasteiger partial charge >= 0.3 is 16.2 Å². The number of carbonyl (C=O) groups excluding carboxylic acids is 1. The summed E-state index contributed by atoms with van der Waals surface area (Å²) < 4.78 is 57.6. The maximum Gasteiger partial charge on any atom is 0.332 e. The highest BCUT2D eigenvalue weighted by Crippen LogP contribution is 2.41. The van der Waals surface area contributed by atoms with E-state index < -0.39 is 26.8 Å². The second-order valence-electron chi connectivity index (χ2n) is 11.7. The summed E-state index contributed by atoms with van der Waals surface area (Å²) in [6.07, 6.45) is 5.01. The number of phenolic OH excluding ortho intramolecular Hbond substituents is 1. The molecule has 0 radical (unpaired) electrons. The third-order valence-corrected chi connectivity index (χ3v) is 9.50. The molecular weight excluding hydrogens is 616 g/mol. The Morgan fingerprint density at radius 3 is 2.50 bits per heavy atom. The molecule has 13 heteroatoms. The predicted molar refractivity (Wildman–Crippen MR) is 168 cm³/mol. The summed E-state index contributed by atoms with van der Waals surface area (Å²) in [7, 11) is -4.87. The quantitative estimate of drug-likeness (QED) is 0.168. The number of aromatic nitrogens is 3. The number of piperidine rings is 1. The van der Waals surface area contributed by atoms with Gasteiger partial charge in [-0.15, -0.1) is 3.89 Å². The first-order valence-corrected chi connectivity index (χ1v) is 16.3. The van der Waals surface area contributed by atoms with Gasteiger partial charge in [-0.05, 0) is 78.3 Å². The molecule has 236 valence electrons.